The van der Waals surface area contributed by atoms with Gasteiger partial charge in [0.05, 0.1) is 17.6 Å². The summed E-state index contributed by atoms with van der Waals surface area (Å²) in [7, 11) is 4.44. The van der Waals surface area contributed by atoms with Gasteiger partial charge in [-0.25, -0.2) is 0 Å². The average molecular weight is 355 g/mol. The molecule has 26 heavy (non-hydrogen) atoms. The average Bonchev–Trinajstić information content (AvgIpc) is 2.91. The Kier molecular flexibility index (Phi) is 5.18. The molecule has 1 aliphatic heterocycles. The Morgan fingerprint density at radius 1 is 1.19 bits per heavy atom. The number of benzene rings is 1. The van der Waals surface area contributed by atoms with Crippen LogP contribution in [0.1, 0.15) is 52.0 Å². The third-order valence-electron chi connectivity index (χ3n) is 6.67. The number of hydrogen-bond donors (Lipinski definition) is 1. The summed E-state index contributed by atoms with van der Waals surface area (Å²) in [6, 6.07) is 13.4. The van der Waals surface area contributed by atoms with Crippen molar-refractivity contribution in [2.75, 3.05) is 27.2 Å². The molecule has 1 aromatic carbocycles. The normalized spacial score (nSPS) is 32.9. The highest BCUT2D eigenvalue weighted by Gasteiger charge is 2.49. The molecule has 2 fully saturated rings. The van der Waals surface area contributed by atoms with Crippen LogP contribution in [0, 0.1) is 16.7 Å². The monoisotopic (exact) mass is 354 g/mol. The van der Waals surface area contributed by atoms with Crippen molar-refractivity contribution in [3.05, 3.63) is 35.9 Å². The SMILES string of the molecule is CC1N[C@]2(CC[C@@](c3ccccc3)(N(C)C)CC2)CN1CC(C)(C)C#N. The van der Waals surface area contributed by atoms with Gasteiger partial charge in [-0.05, 0) is 66.1 Å². The Bertz CT molecular complexity index is 650. The van der Waals surface area contributed by atoms with E-state index in [-0.39, 0.29) is 16.5 Å². The molecule has 1 spiro atoms. The lowest BCUT2D eigenvalue weighted by molar-refractivity contribution is 0.0610. The summed E-state index contributed by atoms with van der Waals surface area (Å²) >= 11 is 0. The van der Waals surface area contributed by atoms with Gasteiger partial charge < -0.3 is 0 Å². The molecular weight excluding hydrogens is 320 g/mol. The van der Waals surface area contributed by atoms with Crippen molar-refractivity contribution in [3.8, 4) is 6.07 Å². The first kappa shape index (κ1) is 19.4. The Hall–Kier alpha value is -1.41. The smallest absolute Gasteiger partial charge is 0.0697 e. The summed E-state index contributed by atoms with van der Waals surface area (Å²) in [6.07, 6.45) is 5.02. The Balaban J connectivity index is 1.74. The molecule has 142 valence electrons. The molecule has 1 saturated carbocycles. The highest BCUT2D eigenvalue weighted by atomic mass is 15.4. The summed E-state index contributed by atoms with van der Waals surface area (Å²) in [5.41, 5.74) is 1.47. The lowest BCUT2D eigenvalue weighted by atomic mass is 9.69. The zero-order valence-corrected chi connectivity index (χ0v) is 17.0. The van der Waals surface area contributed by atoms with Gasteiger partial charge in [0.2, 0.25) is 0 Å². The minimum Gasteiger partial charge on any atom is -0.300 e. The number of rotatable bonds is 4. The second-order valence-corrected chi connectivity index (χ2v) is 9.29. The maximum Gasteiger partial charge on any atom is 0.0697 e. The molecule has 1 atom stereocenters. The van der Waals surface area contributed by atoms with Crippen LogP contribution in [0.5, 0.6) is 0 Å². The molecule has 1 saturated heterocycles. The van der Waals surface area contributed by atoms with E-state index in [0.29, 0.717) is 6.17 Å². The summed E-state index contributed by atoms with van der Waals surface area (Å²) in [6.45, 7) is 8.21. The van der Waals surface area contributed by atoms with Crippen LogP contribution in [0.3, 0.4) is 0 Å². The molecular formula is C22H34N4. The lowest BCUT2D eigenvalue weighted by Gasteiger charge is -2.49. The number of nitrogens with one attached hydrogen (secondary N) is 1. The summed E-state index contributed by atoms with van der Waals surface area (Å²) in [4.78, 5) is 4.89. The lowest BCUT2D eigenvalue weighted by Crippen LogP contribution is -2.54. The van der Waals surface area contributed by atoms with E-state index < -0.39 is 0 Å². The van der Waals surface area contributed by atoms with E-state index in [4.69, 9.17) is 0 Å². The maximum atomic E-state index is 9.40. The van der Waals surface area contributed by atoms with Crippen LogP contribution in [0.2, 0.25) is 0 Å². The van der Waals surface area contributed by atoms with Gasteiger partial charge in [-0.2, -0.15) is 5.26 Å². The van der Waals surface area contributed by atoms with E-state index in [1.54, 1.807) is 0 Å². The van der Waals surface area contributed by atoms with Gasteiger partial charge in [-0.3, -0.25) is 15.1 Å². The molecule has 0 bridgehead atoms. The fourth-order valence-electron chi connectivity index (χ4n) is 5.03. The first-order valence-electron chi connectivity index (χ1n) is 9.88. The first-order valence-corrected chi connectivity index (χ1v) is 9.88. The van der Waals surface area contributed by atoms with Crippen molar-refractivity contribution in [1.29, 1.82) is 5.26 Å². The molecule has 4 heteroatoms. The van der Waals surface area contributed by atoms with E-state index in [1.165, 1.54) is 31.2 Å². The van der Waals surface area contributed by atoms with Crippen molar-refractivity contribution in [1.82, 2.24) is 15.1 Å². The van der Waals surface area contributed by atoms with E-state index in [9.17, 15) is 5.26 Å². The van der Waals surface area contributed by atoms with Gasteiger partial charge in [0, 0.05) is 24.2 Å². The van der Waals surface area contributed by atoms with Gasteiger partial charge in [0.25, 0.3) is 0 Å². The Morgan fingerprint density at radius 2 is 1.81 bits per heavy atom. The summed E-state index contributed by atoms with van der Waals surface area (Å²) in [5, 5.41) is 13.3. The largest absolute Gasteiger partial charge is 0.300 e. The highest BCUT2D eigenvalue weighted by Crippen LogP contribution is 2.46. The first-order chi connectivity index (χ1) is 12.2. The van der Waals surface area contributed by atoms with Crippen molar-refractivity contribution in [3.63, 3.8) is 0 Å². The number of nitrogens with zero attached hydrogens (tertiary/aromatic N) is 3. The molecule has 1 aliphatic carbocycles. The van der Waals surface area contributed by atoms with Crippen LogP contribution in [-0.4, -0.2) is 48.7 Å². The minimum absolute atomic E-state index is 0.136. The minimum atomic E-state index is -0.298. The topological polar surface area (TPSA) is 42.3 Å². The fourth-order valence-corrected chi connectivity index (χ4v) is 5.03. The van der Waals surface area contributed by atoms with E-state index in [2.05, 4.69) is 72.5 Å². The second kappa shape index (κ2) is 6.96. The molecule has 4 nitrogen and oxygen atoms in total. The Labute approximate surface area is 159 Å². The molecule has 1 unspecified atom stereocenters. The predicted octanol–water partition coefficient (Wildman–Crippen LogP) is 3.56. The molecule has 0 amide bonds. The summed E-state index contributed by atoms with van der Waals surface area (Å²) in [5.74, 6) is 0. The standard InChI is InChI=1S/C22H34N4/c1-18-24-21(17-26(18)16-20(2,3)15-23)11-13-22(14-12-21,25(4)5)19-9-7-6-8-10-19/h6-10,18,24H,11-14,16-17H2,1-5H3/t18?,21-,22+. The molecule has 0 radical (unpaired) electrons. The van der Waals surface area contributed by atoms with Crippen molar-refractivity contribution >= 4 is 0 Å². The van der Waals surface area contributed by atoms with E-state index in [1.807, 2.05) is 13.8 Å². The highest BCUT2D eigenvalue weighted by molar-refractivity contribution is 5.26. The molecule has 1 aromatic rings. The predicted molar refractivity (Wildman–Crippen MR) is 107 cm³/mol. The zero-order valence-electron chi connectivity index (χ0n) is 17.0. The van der Waals surface area contributed by atoms with Crippen molar-refractivity contribution in [2.45, 2.75) is 63.7 Å². The van der Waals surface area contributed by atoms with Crippen LogP contribution in [0.25, 0.3) is 0 Å². The van der Waals surface area contributed by atoms with Crippen LogP contribution in [0.4, 0.5) is 0 Å². The molecule has 1 heterocycles. The van der Waals surface area contributed by atoms with Gasteiger partial charge in [-0.15, -0.1) is 0 Å². The molecule has 1 N–H and O–H groups in total. The van der Waals surface area contributed by atoms with Crippen LogP contribution >= 0.6 is 0 Å². The van der Waals surface area contributed by atoms with Crippen molar-refractivity contribution in [2.24, 2.45) is 5.41 Å². The fraction of sp³-hybridized carbons (Fsp3) is 0.682. The number of hydrogen-bond acceptors (Lipinski definition) is 4. The third-order valence-corrected chi connectivity index (χ3v) is 6.67. The quantitative estimate of drug-likeness (QED) is 0.898. The van der Waals surface area contributed by atoms with Crippen LogP contribution in [0.15, 0.2) is 30.3 Å². The van der Waals surface area contributed by atoms with Crippen LogP contribution < -0.4 is 5.32 Å². The maximum absolute atomic E-state index is 9.40. The zero-order chi connectivity index (χ0) is 19.0. The van der Waals surface area contributed by atoms with E-state index >= 15 is 0 Å². The third kappa shape index (κ3) is 3.53. The molecule has 2 aliphatic rings. The van der Waals surface area contributed by atoms with Gasteiger partial charge >= 0.3 is 0 Å². The van der Waals surface area contributed by atoms with Gasteiger partial charge in [0.15, 0.2) is 0 Å². The summed E-state index contributed by atoms with van der Waals surface area (Å²) < 4.78 is 0. The molecule has 0 aromatic heterocycles. The van der Waals surface area contributed by atoms with Crippen LogP contribution in [-0.2, 0) is 5.54 Å². The van der Waals surface area contributed by atoms with Gasteiger partial charge in [0.1, 0.15) is 0 Å². The Morgan fingerprint density at radius 3 is 2.35 bits per heavy atom. The molecule has 3 rings (SSSR count). The van der Waals surface area contributed by atoms with Gasteiger partial charge in [-0.1, -0.05) is 30.3 Å². The van der Waals surface area contributed by atoms with Crippen molar-refractivity contribution < 1.29 is 0 Å². The van der Waals surface area contributed by atoms with E-state index in [0.717, 1.165) is 13.1 Å². The second-order valence-electron chi connectivity index (χ2n) is 9.29. The number of nitriles is 1.